The molecule has 0 radical (unpaired) electrons. The van der Waals surface area contributed by atoms with Crippen LogP contribution in [0.1, 0.15) is 25.7 Å². The summed E-state index contributed by atoms with van der Waals surface area (Å²) in [6.07, 6.45) is 4.91. The number of piperidine rings is 1. The summed E-state index contributed by atoms with van der Waals surface area (Å²) < 4.78 is 5.78. The van der Waals surface area contributed by atoms with Crippen molar-refractivity contribution in [2.24, 2.45) is 5.73 Å². The van der Waals surface area contributed by atoms with Crippen LogP contribution in [0.25, 0.3) is 0 Å². The number of fused-ring (bicyclic) bond motifs is 2. The van der Waals surface area contributed by atoms with E-state index >= 15 is 0 Å². The second kappa shape index (κ2) is 5.70. The predicted octanol–water partition coefficient (Wildman–Crippen LogP) is 2.67. The largest absolute Gasteiger partial charge is 0.492 e. The van der Waals surface area contributed by atoms with Crippen molar-refractivity contribution in [2.75, 3.05) is 13.2 Å². The first-order valence-electron chi connectivity index (χ1n) is 7.12. The fourth-order valence-electron chi connectivity index (χ4n) is 3.48. The first-order valence-corrected chi connectivity index (χ1v) is 7.50. The number of ether oxygens (including phenoxy) is 1. The van der Waals surface area contributed by atoms with Gasteiger partial charge in [0, 0.05) is 29.7 Å². The molecule has 2 aliphatic heterocycles. The van der Waals surface area contributed by atoms with Gasteiger partial charge in [-0.2, -0.15) is 0 Å². The van der Waals surface area contributed by atoms with Gasteiger partial charge in [0.05, 0.1) is 0 Å². The van der Waals surface area contributed by atoms with E-state index < -0.39 is 0 Å². The molecule has 4 heteroatoms. The number of halogens is 1. The Morgan fingerprint density at radius 2 is 1.79 bits per heavy atom. The minimum absolute atomic E-state index is 0.408. The summed E-state index contributed by atoms with van der Waals surface area (Å²) in [7, 11) is 0. The van der Waals surface area contributed by atoms with Gasteiger partial charge in [-0.3, -0.25) is 4.90 Å². The van der Waals surface area contributed by atoms with Gasteiger partial charge in [0.15, 0.2) is 0 Å². The van der Waals surface area contributed by atoms with Gasteiger partial charge in [0.2, 0.25) is 0 Å². The molecule has 2 atom stereocenters. The summed E-state index contributed by atoms with van der Waals surface area (Å²) in [6, 6.07) is 9.34. The maximum Gasteiger partial charge on any atom is 0.119 e. The lowest BCUT2D eigenvalue weighted by Gasteiger charge is -2.37. The van der Waals surface area contributed by atoms with Crippen molar-refractivity contribution >= 4 is 11.6 Å². The highest BCUT2D eigenvalue weighted by Crippen LogP contribution is 2.34. The van der Waals surface area contributed by atoms with Crippen LogP contribution in [0.5, 0.6) is 5.75 Å². The Labute approximate surface area is 119 Å². The fraction of sp³-hybridized carbons (Fsp3) is 0.600. The first-order chi connectivity index (χ1) is 9.22. The third-order valence-corrected chi connectivity index (χ3v) is 4.60. The quantitative estimate of drug-likeness (QED) is 0.922. The van der Waals surface area contributed by atoms with Gasteiger partial charge in [0.1, 0.15) is 12.4 Å². The van der Waals surface area contributed by atoms with Crippen LogP contribution in [-0.4, -0.2) is 36.2 Å². The summed E-state index contributed by atoms with van der Waals surface area (Å²) in [5.41, 5.74) is 6.08. The highest BCUT2D eigenvalue weighted by Gasteiger charge is 2.39. The molecule has 0 aliphatic carbocycles. The Kier molecular flexibility index (Phi) is 3.96. The third-order valence-electron chi connectivity index (χ3n) is 4.35. The Morgan fingerprint density at radius 3 is 2.42 bits per heavy atom. The summed E-state index contributed by atoms with van der Waals surface area (Å²) in [5, 5.41) is 0.746. The predicted molar refractivity (Wildman–Crippen MR) is 77.7 cm³/mol. The van der Waals surface area contributed by atoms with E-state index in [-0.39, 0.29) is 0 Å². The molecular weight excluding hydrogens is 260 g/mol. The molecule has 2 saturated heterocycles. The number of hydrogen-bond acceptors (Lipinski definition) is 3. The van der Waals surface area contributed by atoms with Crippen molar-refractivity contribution < 1.29 is 4.74 Å². The zero-order chi connectivity index (χ0) is 13.2. The number of nitrogens with two attached hydrogens (primary N) is 1. The topological polar surface area (TPSA) is 38.5 Å². The average Bonchev–Trinajstić information content (AvgIpc) is 2.64. The van der Waals surface area contributed by atoms with Gasteiger partial charge in [0.25, 0.3) is 0 Å². The average molecular weight is 281 g/mol. The van der Waals surface area contributed by atoms with Gasteiger partial charge in [-0.1, -0.05) is 11.6 Å². The van der Waals surface area contributed by atoms with Crippen LogP contribution in [-0.2, 0) is 0 Å². The summed E-state index contributed by atoms with van der Waals surface area (Å²) in [6.45, 7) is 1.74. The van der Waals surface area contributed by atoms with E-state index in [0.29, 0.717) is 18.1 Å². The summed E-state index contributed by atoms with van der Waals surface area (Å²) in [5.74, 6) is 0.894. The molecule has 0 aromatic heterocycles. The van der Waals surface area contributed by atoms with E-state index in [2.05, 4.69) is 4.90 Å². The Hall–Kier alpha value is -0.770. The molecule has 0 amide bonds. The molecule has 0 saturated carbocycles. The Bertz CT molecular complexity index is 409. The van der Waals surface area contributed by atoms with Gasteiger partial charge < -0.3 is 10.5 Å². The summed E-state index contributed by atoms with van der Waals surface area (Å²) >= 11 is 5.85. The number of hydrogen-bond donors (Lipinski definition) is 1. The lowest BCUT2D eigenvalue weighted by Crippen LogP contribution is -2.48. The highest BCUT2D eigenvalue weighted by molar-refractivity contribution is 6.30. The lowest BCUT2D eigenvalue weighted by atomic mass is 9.98. The second-order valence-electron chi connectivity index (χ2n) is 5.66. The summed E-state index contributed by atoms with van der Waals surface area (Å²) in [4.78, 5) is 2.60. The molecule has 2 unspecified atom stereocenters. The van der Waals surface area contributed by atoms with Crippen molar-refractivity contribution in [1.29, 1.82) is 0 Å². The SMILES string of the molecule is NC1CC2CCC(C1)N2CCOc1ccc(Cl)cc1. The van der Waals surface area contributed by atoms with Crippen LogP contribution in [0.4, 0.5) is 0 Å². The highest BCUT2D eigenvalue weighted by atomic mass is 35.5. The van der Waals surface area contributed by atoms with Crippen LogP contribution >= 0.6 is 11.6 Å². The molecule has 19 heavy (non-hydrogen) atoms. The molecule has 0 spiro atoms. The smallest absolute Gasteiger partial charge is 0.119 e. The molecule has 3 nitrogen and oxygen atoms in total. The zero-order valence-corrected chi connectivity index (χ0v) is 11.9. The standard InChI is InChI=1S/C15H21ClN2O/c16-11-1-5-15(6-2-11)19-8-7-18-13-3-4-14(18)10-12(17)9-13/h1-2,5-6,12-14H,3-4,7-10,17H2. The van der Waals surface area contributed by atoms with Crippen LogP contribution < -0.4 is 10.5 Å². The molecule has 2 bridgehead atoms. The minimum Gasteiger partial charge on any atom is -0.492 e. The van der Waals surface area contributed by atoms with Gasteiger partial charge in [-0.05, 0) is 49.9 Å². The van der Waals surface area contributed by atoms with Crippen molar-refractivity contribution in [3.8, 4) is 5.75 Å². The van der Waals surface area contributed by atoms with Crippen molar-refractivity contribution in [2.45, 2.75) is 43.8 Å². The molecule has 2 N–H and O–H groups in total. The van der Waals surface area contributed by atoms with Crippen molar-refractivity contribution in [3.05, 3.63) is 29.3 Å². The normalized spacial score (nSPS) is 30.5. The van der Waals surface area contributed by atoms with Gasteiger partial charge >= 0.3 is 0 Å². The lowest BCUT2D eigenvalue weighted by molar-refractivity contribution is 0.106. The number of rotatable bonds is 4. The second-order valence-corrected chi connectivity index (χ2v) is 6.09. The molecule has 1 aromatic rings. The van der Waals surface area contributed by atoms with E-state index in [1.54, 1.807) is 0 Å². The molecule has 2 heterocycles. The van der Waals surface area contributed by atoms with Crippen molar-refractivity contribution in [3.63, 3.8) is 0 Å². The van der Waals surface area contributed by atoms with Gasteiger partial charge in [-0.15, -0.1) is 0 Å². The van der Waals surface area contributed by atoms with E-state index in [4.69, 9.17) is 22.1 Å². The van der Waals surface area contributed by atoms with E-state index in [1.807, 2.05) is 24.3 Å². The van der Waals surface area contributed by atoms with Crippen LogP contribution in [0, 0.1) is 0 Å². The fourth-order valence-corrected chi connectivity index (χ4v) is 3.61. The van der Waals surface area contributed by atoms with E-state index in [0.717, 1.165) is 36.8 Å². The zero-order valence-electron chi connectivity index (χ0n) is 11.1. The maximum absolute atomic E-state index is 6.08. The van der Waals surface area contributed by atoms with E-state index in [1.165, 1.54) is 12.8 Å². The third kappa shape index (κ3) is 3.04. The Morgan fingerprint density at radius 1 is 1.16 bits per heavy atom. The monoisotopic (exact) mass is 280 g/mol. The molecule has 2 fully saturated rings. The van der Waals surface area contributed by atoms with Crippen molar-refractivity contribution in [1.82, 2.24) is 4.90 Å². The molecular formula is C15H21ClN2O. The molecule has 104 valence electrons. The van der Waals surface area contributed by atoms with E-state index in [9.17, 15) is 0 Å². The number of benzene rings is 1. The Balaban J connectivity index is 1.49. The van der Waals surface area contributed by atoms with Crippen LogP contribution in [0.15, 0.2) is 24.3 Å². The van der Waals surface area contributed by atoms with Gasteiger partial charge in [-0.25, -0.2) is 0 Å². The minimum atomic E-state index is 0.408. The van der Waals surface area contributed by atoms with Crippen LogP contribution in [0.2, 0.25) is 5.02 Å². The first kappa shape index (κ1) is 13.2. The number of nitrogens with zero attached hydrogens (tertiary/aromatic N) is 1. The molecule has 2 aliphatic rings. The van der Waals surface area contributed by atoms with Crippen LogP contribution in [0.3, 0.4) is 0 Å². The maximum atomic E-state index is 6.08. The molecule has 1 aromatic carbocycles. The molecule has 3 rings (SSSR count).